The molecule has 0 saturated carbocycles. The summed E-state index contributed by atoms with van der Waals surface area (Å²) in [6.45, 7) is 4.53. The minimum Gasteiger partial charge on any atom is -0.508 e. The molecule has 2 aliphatic rings. The van der Waals surface area contributed by atoms with Crippen molar-refractivity contribution in [2.45, 2.75) is 31.7 Å². The predicted molar refractivity (Wildman–Crippen MR) is 176 cm³/mol. The highest BCUT2D eigenvalue weighted by Crippen LogP contribution is 2.34. The van der Waals surface area contributed by atoms with Crippen LogP contribution in [0, 0.1) is 3.57 Å². The van der Waals surface area contributed by atoms with E-state index in [-0.39, 0.29) is 56.7 Å². The van der Waals surface area contributed by atoms with Gasteiger partial charge in [-0.1, -0.05) is 42.5 Å². The number of para-hydroxylation sites is 1. The second-order valence-electron chi connectivity index (χ2n) is 10.8. The Morgan fingerprint density at radius 3 is 2.42 bits per heavy atom. The van der Waals surface area contributed by atoms with E-state index in [2.05, 4.69) is 34.5 Å². The molecule has 0 aliphatic carbocycles. The van der Waals surface area contributed by atoms with Crippen LogP contribution in [0.5, 0.6) is 17.2 Å². The van der Waals surface area contributed by atoms with Crippen LogP contribution in [-0.2, 0) is 29.1 Å². The van der Waals surface area contributed by atoms with Crippen molar-refractivity contribution in [3.8, 4) is 17.2 Å². The van der Waals surface area contributed by atoms with E-state index in [9.17, 15) is 19.5 Å². The summed E-state index contributed by atoms with van der Waals surface area (Å²) >= 11 is 2.23. The summed E-state index contributed by atoms with van der Waals surface area (Å²) in [5.41, 5.74) is 2.42. The number of rotatable bonds is 10. The van der Waals surface area contributed by atoms with Gasteiger partial charge in [-0.05, 0) is 64.0 Å². The zero-order valence-corrected chi connectivity index (χ0v) is 27.3. The van der Waals surface area contributed by atoms with Gasteiger partial charge in [0.2, 0.25) is 11.8 Å². The number of hydrazine groups is 1. The van der Waals surface area contributed by atoms with Crippen molar-refractivity contribution < 1.29 is 29.0 Å². The van der Waals surface area contributed by atoms with Gasteiger partial charge >= 0.3 is 6.03 Å². The standard InChI is InChI=1S/C33H36IN5O6/c1-4-16-37-21-30(41)38-27(17-22-10-14-26(40)15-11-22)32(42)36(19-24-6-5-7-28(44-2)31(24)45-3)20-29(38)39(37)33(43)35-18-23-8-12-25(34)13-9-23/h4-15,27,29,40H,1,16-21H2,2-3H3,(H,35,43)/t27-,29-/m0/s1. The Morgan fingerprint density at radius 1 is 1.04 bits per heavy atom. The number of amides is 4. The molecule has 2 aliphatic heterocycles. The summed E-state index contributed by atoms with van der Waals surface area (Å²) < 4.78 is 12.2. The number of nitrogens with one attached hydrogen (secondary N) is 1. The fourth-order valence-corrected chi connectivity index (χ4v) is 6.20. The van der Waals surface area contributed by atoms with Crippen molar-refractivity contribution in [1.82, 2.24) is 25.1 Å². The number of nitrogens with zero attached hydrogens (tertiary/aromatic N) is 4. The third-order valence-electron chi connectivity index (χ3n) is 7.95. The van der Waals surface area contributed by atoms with E-state index in [1.807, 2.05) is 36.4 Å². The molecule has 11 nitrogen and oxygen atoms in total. The van der Waals surface area contributed by atoms with Gasteiger partial charge in [0, 0.05) is 35.2 Å². The number of carbonyl (C=O) groups excluding carboxylic acids is 3. The molecule has 45 heavy (non-hydrogen) atoms. The number of halogens is 1. The molecule has 2 atom stereocenters. The first kappa shape index (κ1) is 32.1. The SMILES string of the molecule is C=CCN1CC(=O)N2[C@@H](Cc3ccc(O)cc3)C(=O)N(Cc3cccc(OC)c3OC)C[C@@H]2N1C(=O)NCc1ccc(I)cc1. The lowest BCUT2D eigenvalue weighted by Crippen LogP contribution is -2.76. The maximum atomic E-state index is 14.2. The molecule has 0 spiro atoms. The Kier molecular flexibility index (Phi) is 10.1. The molecule has 0 aromatic heterocycles. The predicted octanol–water partition coefficient (Wildman–Crippen LogP) is 3.75. The van der Waals surface area contributed by atoms with E-state index in [1.54, 1.807) is 70.4 Å². The summed E-state index contributed by atoms with van der Waals surface area (Å²) in [7, 11) is 3.09. The van der Waals surface area contributed by atoms with Crippen LogP contribution in [0.2, 0.25) is 0 Å². The van der Waals surface area contributed by atoms with Gasteiger partial charge in [-0.15, -0.1) is 6.58 Å². The third-order valence-corrected chi connectivity index (χ3v) is 8.67. The van der Waals surface area contributed by atoms with E-state index in [4.69, 9.17) is 9.47 Å². The van der Waals surface area contributed by atoms with Gasteiger partial charge in [-0.3, -0.25) is 9.59 Å². The number of carbonyl (C=O) groups is 3. The molecule has 2 N–H and O–H groups in total. The molecule has 0 unspecified atom stereocenters. The van der Waals surface area contributed by atoms with Crippen molar-refractivity contribution >= 4 is 40.4 Å². The monoisotopic (exact) mass is 725 g/mol. The van der Waals surface area contributed by atoms with E-state index in [0.29, 0.717) is 11.5 Å². The lowest BCUT2D eigenvalue weighted by Gasteiger charge is -2.55. The fourth-order valence-electron chi connectivity index (χ4n) is 5.84. The van der Waals surface area contributed by atoms with E-state index in [0.717, 1.165) is 20.3 Å². The zero-order chi connectivity index (χ0) is 32.1. The number of benzene rings is 3. The minimum atomic E-state index is -0.894. The molecule has 3 aromatic carbocycles. The van der Waals surface area contributed by atoms with Gasteiger partial charge in [0.05, 0.1) is 27.3 Å². The number of hydrogen-bond acceptors (Lipinski definition) is 7. The average molecular weight is 726 g/mol. The molecule has 4 amide bonds. The number of ether oxygens (including phenoxy) is 2. The second-order valence-corrected chi connectivity index (χ2v) is 12.1. The molecular weight excluding hydrogens is 689 g/mol. The first-order valence-corrected chi connectivity index (χ1v) is 15.6. The first-order chi connectivity index (χ1) is 21.7. The number of piperazine rings is 1. The van der Waals surface area contributed by atoms with Gasteiger partial charge < -0.3 is 29.7 Å². The molecule has 2 fully saturated rings. The number of urea groups is 1. The molecular formula is C33H36IN5O6. The Hall–Kier alpha value is -4.30. The molecule has 2 saturated heterocycles. The highest BCUT2D eigenvalue weighted by atomic mass is 127. The maximum absolute atomic E-state index is 14.2. The maximum Gasteiger partial charge on any atom is 0.334 e. The topological polar surface area (TPSA) is 115 Å². The quantitative estimate of drug-likeness (QED) is 0.242. The Bertz CT molecular complexity index is 1550. The molecule has 5 rings (SSSR count). The minimum absolute atomic E-state index is 0.0710. The molecule has 3 aromatic rings. The molecule has 2 heterocycles. The summed E-state index contributed by atoms with van der Waals surface area (Å²) in [6.07, 6.45) is 1.05. The molecule has 236 valence electrons. The Labute approximate surface area is 276 Å². The van der Waals surface area contributed by atoms with E-state index < -0.39 is 18.2 Å². The zero-order valence-electron chi connectivity index (χ0n) is 25.2. The van der Waals surface area contributed by atoms with Crippen LogP contribution >= 0.6 is 22.6 Å². The summed E-state index contributed by atoms with van der Waals surface area (Å²) in [5.74, 6) is 0.616. The molecule has 0 bridgehead atoms. The van der Waals surface area contributed by atoms with Crippen LogP contribution in [0.1, 0.15) is 16.7 Å². The molecule has 12 heteroatoms. The lowest BCUT2D eigenvalue weighted by atomic mass is 9.98. The second kappa shape index (κ2) is 14.2. The number of fused-ring (bicyclic) bond motifs is 1. The van der Waals surface area contributed by atoms with Crippen molar-refractivity contribution in [3.05, 3.63) is 99.6 Å². The van der Waals surface area contributed by atoms with Crippen molar-refractivity contribution in [1.29, 1.82) is 0 Å². The van der Waals surface area contributed by atoms with Gasteiger partial charge in [-0.25, -0.2) is 14.8 Å². The normalized spacial score (nSPS) is 18.4. The summed E-state index contributed by atoms with van der Waals surface area (Å²) in [5, 5.41) is 16.1. The highest BCUT2D eigenvalue weighted by molar-refractivity contribution is 14.1. The summed E-state index contributed by atoms with van der Waals surface area (Å²) in [4.78, 5) is 45.2. The third kappa shape index (κ3) is 7.01. The van der Waals surface area contributed by atoms with Crippen LogP contribution in [0.25, 0.3) is 0 Å². The van der Waals surface area contributed by atoms with Crippen LogP contribution < -0.4 is 14.8 Å². The first-order valence-electron chi connectivity index (χ1n) is 14.5. The summed E-state index contributed by atoms with van der Waals surface area (Å²) in [6, 6.07) is 18.6. The van der Waals surface area contributed by atoms with Gasteiger partial charge in [0.1, 0.15) is 18.0 Å². The number of methoxy groups -OCH3 is 2. The van der Waals surface area contributed by atoms with Gasteiger partial charge in [-0.2, -0.15) is 0 Å². The van der Waals surface area contributed by atoms with Crippen LogP contribution in [0.4, 0.5) is 4.79 Å². The molecule has 0 radical (unpaired) electrons. The Balaban J connectivity index is 1.51. The largest absolute Gasteiger partial charge is 0.508 e. The highest BCUT2D eigenvalue weighted by Gasteiger charge is 2.51. The van der Waals surface area contributed by atoms with Crippen molar-refractivity contribution in [3.63, 3.8) is 0 Å². The van der Waals surface area contributed by atoms with Crippen LogP contribution in [-0.4, -0.2) is 88.8 Å². The Morgan fingerprint density at radius 2 is 1.76 bits per heavy atom. The lowest BCUT2D eigenvalue weighted by molar-refractivity contribution is -0.189. The average Bonchev–Trinajstić information content (AvgIpc) is 3.03. The van der Waals surface area contributed by atoms with E-state index >= 15 is 0 Å². The fraction of sp³-hybridized carbons (Fsp3) is 0.303. The number of hydrogen-bond donors (Lipinski definition) is 2. The van der Waals surface area contributed by atoms with Crippen molar-refractivity contribution in [2.24, 2.45) is 0 Å². The van der Waals surface area contributed by atoms with Crippen LogP contribution in [0.15, 0.2) is 79.4 Å². The van der Waals surface area contributed by atoms with Gasteiger partial charge in [0.25, 0.3) is 0 Å². The van der Waals surface area contributed by atoms with E-state index in [1.165, 1.54) is 0 Å². The number of aromatic hydroxyl groups is 1. The van der Waals surface area contributed by atoms with Crippen LogP contribution in [0.3, 0.4) is 0 Å². The number of phenols is 1. The van der Waals surface area contributed by atoms with Gasteiger partial charge in [0.15, 0.2) is 11.5 Å². The van der Waals surface area contributed by atoms with Crippen molar-refractivity contribution in [2.75, 3.05) is 33.9 Å². The smallest absolute Gasteiger partial charge is 0.334 e. The number of phenolic OH excluding ortho intramolecular Hbond substituents is 1.